The van der Waals surface area contributed by atoms with E-state index >= 15 is 0 Å². The van der Waals surface area contributed by atoms with Crippen molar-refractivity contribution < 1.29 is 4.39 Å². The lowest BCUT2D eigenvalue weighted by molar-refractivity contribution is 0.463. The van der Waals surface area contributed by atoms with Crippen molar-refractivity contribution in [2.45, 2.75) is 6.67 Å². The highest BCUT2D eigenvalue weighted by molar-refractivity contribution is 4.76. The van der Waals surface area contributed by atoms with Gasteiger partial charge < -0.3 is 0 Å². The van der Waals surface area contributed by atoms with Crippen LogP contribution in [0.2, 0.25) is 0 Å². The molecule has 8 heavy (non-hydrogen) atoms. The molecule has 0 aromatic carbocycles. The SMILES string of the molecule is Cn1cnc(CF)n1. The summed E-state index contributed by atoms with van der Waals surface area (Å²) >= 11 is 0. The third-order valence-corrected chi connectivity index (χ3v) is 0.767. The molecular formula is C4H6FN3. The van der Waals surface area contributed by atoms with Crippen molar-refractivity contribution in [1.82, 2.24) is 14.8 Å². The van der Waals surface area contributed by atoms with E-state index in [1.807, 2.05) is 0 Å². The van der Waals surface area contributed by atoms with E-state index in [-0.39, 0.29) is 5.82 Å². The van der Waals surface area contributed by atoms with E-state index in [2.05, 4.69) is 10.1 Å². The fraction of sp³-hybridized carbons (Fsp3) is 0.500. The van der Waals surface area contributed by atoms with Crippen LogP contribution in [0.4, 0.5) is 4.39 Å². The Morgan fingerprint density at radius 2 is 2.62 bits per heavy atom. The summed E-state index contributed by atoms with van der Waals surface area (Å²) in [4.78, 5) is 3.61. The number of hydrogen-bond donors (Lipinski definition) is 0. The molecule has 4 heteroatoms. The number of rotatable bonds is 1. The van der Waals surface area contributed by atoms with Crippen LogP contribution in [0.15, 0.2) is 6.33 Å². The summed E-state index contributed by atoms with van der Waals surface area (Å²) in [6.45, 7) is -0.582. The van der Waals surface area contributed by atoms with Crippen molar-refractivity contribution in [2.24, 2.45) is 7.05 Å². The third-order valence-electron chi connectivity index (χ3n) is 0.767. The normalized spacial score (nSPS) is 9.75. The molecule has 0 saturated heterocycles. The van der Waals surface area contributed by atoms with Crippen LogP contribution < -0.4 is 0 Å². The summed E-state index contributed by atoms with van der Waals surface area (Å²) in [5.74, 6) is 0.243. The lowest BCUT2D eigenvalue weighted by Crippen LogP contribution is -1.88. The minimum atomic E-state index is -0.582. The molecule has 0 bridgehead atoms. The van der Waals surface area contributed by atoms with Gasteiger partial charge >= 0.3 is 0 Å². The Morgan fingerprint density at radius 1 is 1.88 bits per heavy atom. The van der Waals surface area contributed by atoms with Crippen LogP contribution in [0.3, 0.4) is 0 Å². The topological polar surface area (TPSA) is 30.7 Å². The zero-order valence-corrected chi connectivity index (χ0v) is 4.50. The molecule has 1 rings (SSSR count). The van der Waals surface area contributed by atoms with E-state index in [9.17, 15) is 4.39 Å². The monoisotopic (exact) mass is 115 g/mol. The first-order valence-electron chi connectivity index (χ1n) is 2.23. The maximum absolute atomic E-state index is 11.6. The van der Waals surface area contributed by atoms with Crippen LogP contribution in [0.5, 0.6) is 0 Å². The van der Waals surface area contributed by atoms with Crippen LogP contribution >= 0.6 is 0 Å². The predicted molar refractivity (Wildman–Crippen MR) is 25.8 cm³/mol. The molecule has 0 N–H and O–H groups in total. The zero-order chi connectivity index (χ0) is 5.98. The Labute approximate surface area is 46.2 Å². The summed E-state index contributed by atoms with van der Waals surface area (Å²) in [7, 11) is 1.70. The maximum atomic E-state index is 11.6. The molecule has 0 saturated carbocycles. The van der Waals surface area contributed by atoms with E-state index in [0.29, 0.717) is 0 Å². The Morgan fingerprint density at radius 3 is 2.88 bits per heavy atom. The average molecular weight is 115 g/mol. The van der Waals surface area contributed by atoms with Crippen LogP contribution in [-0.2, 0) is 13.7 Å². The summed E-state index contributed by atoms with van der Waals surface area (Å²) in [6.07, 6.45) is 1.47. The second-order valence-corrected chi connectivity index (χ2v) is 1.47. The lowest BCUT2D eigenvalue weighted by atomic mass is 10.7. The van der Waals surface area contributed by atoms with Gasteiger partial charge in [-0.05, 0) is 0 Å². The van der Waals surface area contributed by atoms with Gasteiger partial charge in [0.1, 0.15) is 6.33 Å². The molecule has 0 amide bonds. The molecule has 0 unspecified atom stereocenters. The van der Waals surface area contributed by atoms with E-state index in [1.54, 1.807) is 7.05 Å². The Hall–Kier alpha value is -0.930. The molecular weight excluding hydrogens is 109 g/mol. The van der Waals surface area contributed by atoms with Crippen molar-refractivity contribution in [3.05, 3.63) is 12.2 Å². The minimum absolute atomic E-state index is 0.243. The molecule has 0 aliphatic carbocycles. The molecule has 1 heterocycles. The summed E-state index contributed by atoms with van der Waals surface area (Å²) in [5, 5.41) is 3.66. The van der Waals surface area contributed by atoms with Gasteiger partial charge in [-0.3, -0.25) is 4.68 Å². The molecule has 0 aliphatic rings. The van der Waals surface area contributed by atoms with Crippen LogP contribution in [0.1, 0.15) is 5.82 Å². The van der Waals surface area contributed by atoms with Gasteiger partial charge in [-0.25, -0.2) is 9.37 Å². The molecule has 1 aromatic rings. The molecule has 1 aromatic heterocycles. The molecule has 44 valence electrons. The van der Waals surface area contributed by atoms with E-state index < -0.39 is 6.67 Å². The first kappa shape index (κ1) is 5.21. The smallest absolute Gasteiger partial charge is 0.181 e. The molecule has 0 spiro atoms. The highest BCUT2D eigenvalue weighted by Gasteiger charge is 1.92. The Bertz CT molecular complexity index is 172. The number of alkyl halides is 1. The van der Waals surface area contributed by atoms with Crippen molar-refractivity contribution in [1.29, 1.82) is 0 Å². The lowest BCUT2D eigenvalue weighted by Gasteiger charge is -1.79. The van der Waals surface area contributed by atoms with Crippen LogP contribution in [-0.4, -0.2) is 14.8 Å². The van der Waals surface area contributed by atoms with Crippen LogP contribution in [0, 0.1) is 0 Å². The number of halogens is 1. The van der Waals surface area contributed by atoms with Gasteiger partial charge in [0, 0.05) is 7.05 Å². The van der Waals surface area contributed by atoms with Crippen molar-refractivity contribution >= 4 is 0 Å². The molecule has 0 atom stereocenters. The Balaban J connectivity index is 2.84. The zero-order valence-electron chi connectivity index (χ0n) is 4.50. The first-order valence-corrected chi connectivity index (χ1v) is 2.23. The number of hydrogen-bond acceptors (Lipinski definition) is 2. The standard InChI is InChI=1S/C4H6FN3/c1-8-3-6-4(2-5)7-8/h3H,2H2,1H3. The third kappa shape index (κ3) is 0.828. The van der Waals surface area contributed by atoms with Gasteiger partial charge in [0.05, 0.1) is 0 Å². The van der Waals surface area contributed by atoms with Gasteiger partial charge in [-0.15, -0.1) is 0 Å². The van der Waals surface area contributed by atoms with E-state index in [0.717, 1.165) is 0 Å². The minimum Gasteiger partial charge on any atom is -0.256 e. The van der Waals surface area contributed by atoms with E-state index in [4.69, 9.17) is 0 Å². The van der Waals surface area contributed by atoms with Gasteiger partial charge in [0.2, 0.25) is 0 Å². The fourth-order valence-corrected chi connectivity index (χ4v) is 0.445. The predicted octanol–water partition coefficient (Wildman–Crippen LogP) is 0.285. The average Bonchev–Trinajstić information content (AvgIpc) is 2.14. The maximum Gasteiger partial charge on any atom is 0.181 e. The van der Waals surface area contributed by atoms with Gasteiger partial charge in [0.25, 0.3) is 0 Å². The summed E-state index contributed by atoms with van der Waals surface area (Å²) in [6, 6.07) is 0. The highest BCUT2D eigenvalue weighted by atomic mass is 19.1. The van der Waals surface area contributed by atoms with Gasteiger partial charge in [0.15, 0.2) is 12.5 Å². The van der Waals surface area contributed by atoms with E-state index in [1.165, 1.54) is 11.0 Å². The molecule has 3 nitrogen and oxygen atoms in total. The van der Waals surface area contributed by atoms with Crippen molar-refractivity contribution in [2.75, 3.05) is 0 Å². The number of aromatic nitrogens is 3. The molecule has 0 aliphatic heterocycles. The first-order chi connectivity index (χ1) is 3.83. The highest BCUT2D eigenvalue weighted by Crippen LogP contribution is 1.87. The number of aryl methyl sites for hydroxylation is 1. The summed E-state index contributed by atoms with van der Waals surface area (Å²) < 4.78 is 13.1. The largest absolute Gasteiger partial charge is 0.256 e. The molecule has 0 fully saturated rings. The van der Waals surface area contributed by atoms with Gasteiger partial charge in [-0.2, -0.15) is 5.10 Å². The quantitative estimate of drug-likeness (QED) is 0.526. The Kier molecular flexibility index (Phi) is 1.24. The second kappa shape index (κ2) is 1.90. The van der Waals surface area contributed by atoms with Crippen molar-refractivity contribution in [3.8, 4) is 0 Å². The number of nitrogens with zero attached hydrogens (tertiary/aromatic N) is 3. The van der Waals surface area contributed by atoms with Crippen LogP contribution in [0.25, 0.3) is 0 Å². The molecule has 0 radical (unpaired) electrons. The fourth-order valence-electron chi connectivity index (χ4n) is 0.445. The second-order valence-electron chi connectivity index (χ2n) is 1.47. The van der Waals surface area contributed by atoms with Gasteiger partial charge in [-0.1, -0.05) is 0 Å². The summed E-state index contributed by atoms with van der Waals surface area (Å²) in [5.41, 5.74) is 0. The van der Waals surface area contributed by atoms with Crippen molar-refractivity contribution in [3.63, 3.8) is 0 Å².